The number of likely N-dealkylation sites (tertiary alicyclic amines) is 1. The summed E-state index contributed by atoms with van der Waals surface area (Å²) in [6.45, 7) is 1.62. The van der Waals surface area contributed by atoms with Crippen LogP contribution >= 0.6 is 0 Å². The summed E-state index contributed by atoms with van der Waals surface area (Å²) in [5, 5.41) is 3.25. The third kappa shape index (κ3) is 1.80. The molecule has 1 unspecified atom stereocenters. The van der Waals surface area contributed by atoms with E-state index in [0.717, 1.165) is 19.5 Å². The molecule has 0 radical (unpaired) electrons. The number of nitrogens with one attached hydrogen (secondary N) is 2. The summed E-state index contributed by atoms with van der Waals surface area (Å²) >= 11 is 0. The van der Waals surface area contributed by atoms with Crippen molar-refractivity contribution in [3.8, 4) is 0 Å². The van der Waals surface area contributed by atoms with Crippen molar-refractivity contribution in [2.75, 3.05) is 13.6 Å². The fourth-order valence-electron chi connectivity index (χ4n) is 1.72. The number of hydrogen-bond donors (Lipinski definition) is 2. The van der Waals surface area contributed by atoms with Crippen LogP contribution in [0.3, 0.4) is 0 Å². The number of likely N-dealkylation sites (N-methyl/N-ethyl adjacent to an activating group) is 1. The minimum absolute atomic E-state index is 0.00917. The summed E-state index contributed by atoms with van der Waals surface area (Å²) in [7, 11) is 1.85. The molecule has 0 saturated carbocycles. The highest BCUT2D eigenvalue weighted by atomic mass is 16.2. The maximum atomic E-state index is 11.5. The topological polar surface area (TPSA) is 48.1 Å². The molecule has 0 bridgehead atoms. The molecule has 2 N–H and O–H groups in total. The predicted octanol–water partition coefficient (Wildman–Crippen LogP) is 0.335. The van der Waals surface area contributed by atoms with E-state index >= 15 is 0 Å². The molecule has 1 fully saturated rings. The summed E-state index contributed by atoms with van der Waals surface area (Å²) in [5.41, 5.74) is 1.19. The van der Waals surface area contributed by atoms with E-state index in [4.69, 9.17) is 0 Å². The predicted molar refractivity (Wildman–Crippen MR) is 53.7 cm³/mol. The Balaban J connectivity index is 1.84. The molecule has 4 nitrogen and oxygen atoms in total. The Morgan fingerprint density at radius 1 is 1.71 bits per heavy atom. The average molecular weight is 193 g/mol. The van der Waals surface area contributed by atoms with Crippen molar-refractivity contribution in [2.24, 2.45) is 0 Å². The smallest absolute Gasteiger partial charge is 0.239 e. The third-order valence-electron chi connectivity index (χ3n) is 2.64. The lowest BCUT2D eigenvalue weighted by molar-refractivity contribution is -0.128. The highest BCUT2D eigenvalue weighted by molar-refractivity contribution is 5.83. The Morgan fingerprint density at radius 2 is 2.57 bits per heavy atom. The Labute approximate surface area is 83.3 Å². The van der Waals surface area contributed by atoms with Crippen LogP contribution in [0.4, 0.5) is 0 Å². The molecule has 4 heteroatoms. The Morgan fingerprint density at radius 3 is 3.14 bits per heavy atom. The van der Waals surface area contributed by atoms with Crippen molar-refractivity contribution in [3.05, 3.63) is 24.0 Å². The number of nitrogens with zero attached hydrogens (tertiary/aromatic N) is 1. The standard InChI is InChI=1S/C10H15N3O/c1-13-5-3-9(10(13)14)12-7-8-2-4-11-6-8/h2,4,6,9,11-12H,3,5,7H2,1H3. The second kappa shape index (κ2) is 3.84. The number of H-pyrrole nitrogens is 1. The van der Waals surface area contributed by atoms with Gasteiger partial charge in [0, 0.05) is 32.5 Å². The molecule has 1 atom stereocenters. The molecule has 76 valence electrons. The van der Waals surface area contributed by atoms with E-state index in [9.17, 15) is 4.79 Å². The first-order chi connectivity index (χ1) is 6.77. The number of aromatic amines is 1. The van der Waals surface area contributed by atoms with E-state index in [1.54, 1.807) is 4.90 Å². The normalized spacial score (nSPS) is 21.9. The van der Waals surface area contributed by atoms with Gasteiger partial charge in [-0.1, -0.05) is 0 Å². The Kier molecular flexibility index (Phi) is 2.54. The van der Waals surface area contributed by atoms with E-state index in [1.807, 2.05) is 25.5 Å². The summed E-state index contributed by atoms with van der Waals surface area (Å²) in [5.74, 6) is 0.209. The lowest BCUT2D eigenvalue weighted by atomic mass is 10.2. The van der Waals surface area contributed by atoms with Crippen molar-refractivity contribution in [3.63, 3.8) is 0 Å². The van der Waals surface area contributed by atoms with Crippen LogP contribution in [-0.2, 0) is 11.3 Å². The second-order valence-electron chi connectivity index (χ2n) is 3.70. The van der Waals surface area contributed by atoms with Gasteiger partial charge >= 0.3 is 0 Å². The van der Waals surface area contributed by atoms with Crippen LogP contribution in [0, 0.1) is 0 Å². The number of carbonyl (C=O) groups is 1. The van der Waals surface area contributed by atoms with Crippen LogP contribution < -0.4 is 5.32 Å². The van der Waals surface area contributed by atoms with E-state index in [2.05, 4.69) is 10.3 Å². The van der Waals surface area contributed by atoms with Crippen LogP contribution in [0.5, 0.6) is 0 Å². The number of amides is 1. The Bertz CT molecular complexity index is 307. The van der Waals surface area contributed by atoms with Crippen molar-refractivity contribution in [2.45, 2.75) is 19.0 Å². The first kappa shape index (κ1) is 9.27. The van der Waals surface area contributed by atoms with Gasteiger partial charge in [0.2, 0.25) is 5.91 Å². The van der Waals surface area contributed by atoms with Crippen LogP contribution in [-0.4, -0.2) is 35.4 Å². The molecular formula is C10H15N3O. The maximum absolute atomic E-state index is 11.5. The first-order valence-electron chi connectivity index (χ1n) is 4.87. The summed E-state index contributed by atoms with van der Waals surface area (Å²) in [4.78, 5) is 16.3. The number of aromatic nitrogens is 1. The van der Waals surface area contributed by atoms with E-state index in [1.165, 1.54) is 5.56 Å². The van der Waals surface area contributed by atoms with Crippen LogP contribution in [0.1, 0.15) is 12.0 Å². The van der Waals surface area contributed by atoms with Gasteiger partial charge in [0.15, 0.2) is 0 Å². The first-order valence-corrected chi connectivity index (χ1v) is 4.87. The number of hydrogen-bond acceptors (Lipinski definition) is 2. The van der Waals surface area contributed by atoms with E-state index < -0.39 is 0 Å². The van der Waals surface area contributed by atoms with Gasteiger partial charge in [0.1, 0.15) is 0 Å². The van der Waals surface area contributed by atoms with Crippen molar-refractivity contribution >= 4 is 5.91 Å². The van der Waals surface area contributed by atoms with E-state index in [-0.39, 0.29) is 11.9 Å². The highest BCUT2D eigenvalue weighted by Crippen LogP contribution is 2.09. The molecule has 1 aromatic rings. The molecule has 2 heterocycles. The minimum atomic E-state index is 0.00917. The zero-order valence-electron chi connectivity index (χ0n) is 8.29. The monoisotopic (exact) mass is 193 g/mol. The number of carbonyl (C=O) groups excluding carboxylic acids is 1. The molecule has 14 heavy (non-hydrogen) atoms. The van der Waals surface area contributed by atoms with Crippen molar-refractivity contribution in [1.82, 2.24) is 15.2 Å². The molecule has 1 aliphatic heterocycles. The van der Waals surface area contributed by atoms with Crippen molar-refractivity contribution < 1.29 is 4.79 Å². The van der Waals surface area contributed by atoms with Gasteiger partial charge in [-0.3, -0.25) is 4.79 Å². The molecule has 1 aromatic heterocycles. The molecule has 2 rings (SSSR count). The van der Waals surface area contributed by atoms with Gasteiger partial charge in [-0.15, -0.1) is 0 Å². The molecule has 0 spiro atoms. The van der Waals surface area contributed by atoms with E-state index in [0.29, 0.717) is 0 Å². The van der Waals surface area contributed by atoms with Crippen LogP contribution in [0.25, 0.3) is 0 Å². The van der Waals surface area contributed by atoms with Crippen LogP contribution in [0.15, 0.2) is 18.5 Å². The minimum Gasteiger partial charge on any atom is -0.367 e. The summed E-state index contributed by atoms with van der Waals surface area (Å²) < 4.78 is 0. The maximum Gasteiger partial charge on any atom is 0.239 e. The fraction of sp³-hybridized carbons (Fsp3) is 0.500. The lowest BCUT2D eigenvalue weighted by Gasteiger charge is -2.11. The molecule has 1 amide bonds. The zero-order chi connectivity index (χ0) is 9.97. The molecule has 0 aliphatic carbocycles. The fourth-order valence-corrected chi connectivity index (χ4v) is 1.72. The quantitative estimate of drug-likeness (QED) is 0.727. The van der Waals surface area contributed by atoms with Gasteiger partial charge in [-0.25, -0.2) is 0 Å². The average Bonchev–Trinajstić information content (AvgIpc) is 2.77. The van der Waals surface area contributed by atoms with Gasteiger partial charge in [-0.2, -0.15) is 0 Å². The molecule has 0 aromatic carbocycles. The van der Waals surface area contributed by atoms with Gasteiger partial charge < -0.3 is 15.2 Å². The Hall–Kier alpha value is -1.29. The number of rotatable bonds is 3. The summed E-state index contributed by atoms with van der Waals surface area (Å²) in [6, 6.07) is 2.02. The SMILES string of the molecule is CN1CCC(NCc2cc[nH]c2)C1=O. The van der Waals surface area contributed by atoms with Gasteiger partial charge in [0.05, 0.1) is 6.04 Å². The van der Waals surface area contributed by atoms with Crippen LogP contribution in [0.2, 0.25) is 0 Å². The largest absolute Gasteiger partial charge is 0.367 e. The second-order valence-corrected chi connectivity index (χ2v) is 3.70. The van der Waals surface area contributed by atoms with Crippen molar-refractivity contribution in [1.29, 1.82) is 0 Å². The highest BCUT2D eigenvalue weighted by Gasteiger charge is 2.28. The molecular weight excluding hydrogens is 178 g/mol. The lowest BCUT2D eigenvalue weighted by Crippen LogP contribution is -2.36. The molecule has 1 saturated heterocycles. The zero-order valence-corrected chi connectivity index (χ0v) is 8.29. The van der Waals surface area contributed by atoms with Gasteiger partial charge in [0.25, 0.3) is 0 Å². The summed E-state index contributed by atoms with van der Waals surface area (Å²) in [6.07, 6.45) is 4.75. The molecule has 1 aliphatic rings. The third-order valence-corrected chi connectivity index (χ3v) is 2.64. The van der Waals surface area contributed by atoms with Gasteiger partial charge in [-0.05, 0) is 18.1 Å².